The summed E-state index contributed by atoms with van der Waals surface area (Å²) in [5.74, 6) is 1.40. The third-order valence-corrected chi connectivity index (χ3v) is 17.2. The first-order valence-corrected chi connectivity index (χ1v) is 30.4. The fourth-order valence-electron chi connectivity index (χ4n) is 12.8. The quantitative estimate of drug-likeness (QED) is 0.144. The Kier molecular flexibility index (Phi) is 26.2. The van der Waals surface area contributed by atoms with Crippen molar-refractivity contribution in [3.05, 3.63) is 120 Å². The number of piperidine rings is 3. The maximum atomic E-state index is 5.81. The Hall–Kier alpha value is -3.68. The number of likely N-dealkylation sites (tertiary alicyclic amines) is 5. The lowest BCUT2D eigenvalue weighted by Crippen LogP contribution is -2.53. The van der Waals surface area contributed by atoms with E-state index < -0.39 is 0 Å². The molecule has 76 heavy (non-hydrogen) atoms. The molecule has 4 aromatic heterocycles. The van der Waals surface area contributed by atoms with Crippen molar-refractivity contribution in [1.29, 1.82) is 0 Å². The van der Waals surface area contributed by atoms with Gasteiger partial charge in [0.15, 0.2) is 0 Å². The number of hydrogen-bond acceptors (Lipinski definition) is 11. The van der Waals surface area contributed by atoms with Crippen molar-refractivity contribution in [3.63, 3.8) is 0 Å². The zero-order valence-corrected chi connectivity index (χ0v) is 49.9. The average molecular weight is 1040 g/mol. The first kappa shape index (κ1) is 61.5. The van der Waals surface area contributed by atoms with Crippen LogP contribution in [0.25, 0.3) is 0 Å². The van der Waals surface area contributed by atoms with E-state index in [9.17, 15) is 0 Å². The van der Waals surface area contributed by atoms with E-state index in [0.29, 0.717) is 60.4 Å². The van der Waals surface area contributed by atoms with Crippen LogP contribution in [0.1, 0.15) is 188 Å². The van der Waals surface area contributed by atoms with E-state index in [0.717, 1.165) is 31.5 Å². The first-order valence-electron chi connectivity index (χ1n) is 30.4. The molecular formula is C65H106N10O. The number of morpholine rings is 1. The minimum atomic E-state index is 0.405. The molecule has 10 heterocycles. The number of nitrogens with zero attached hydrogens (tertiary/aromatic N) is 10. The first-order chi connectivity index (χ1) is 36.7. The summed E-state index contributed by atoms with van der Waals surface area (Å²) in [7, 11) is 0. The Balaban J connectivity index is 0.000000154. The van der Waals surface area contributed by atoms with Crippen molar-refractivity contribution in [2.75, 3.05) is 65.4 Å². The molecule has 0 amide bonds. The van der Waals surface area contributed by atoms with Crippen LogP contribution in [0.15, 0.2) is 97.8 Å². The summed E-state index contributed by atoms with van der Waals surface area (Å²) >= 11 is 0. The van der Waals surface area contributed by atoms with E-state index >= 15 is 0 Å². The van der Waals surface area contributed by atoms with Crippen molar-refractivity contribution in [3.8, 4) is 0 Å². The largest absolute Gasteiger partial charge is 0.373 e. The van der Waals surface area contributed by atoms with E-state index in [2.05, 4.69) is 181 Å². The molecule has 0 aliphatic carbocycles. The summed E-state index contributed by atoms with van der Waals surface area (Å²) in [4.78, 5) is 32.6. The molecule has 0 aromatic carbocycles. The lowest BCUT2D eigenvalue weighted by molar-refractivity contribution is -0.0870. The van der Waals surface area contributed by atoms with Crippen LogP contribution in [0.3, 0.4) is 0 Å². The molecule has 4 aromatic rings. The molecule has 0 radical (unpaired) electrons. The van der Waals surface area contributed by atoms with Gasteiger partial charge in [-0.3, -0.25) is 34.6 Å². The van der Waals surface area contributed by atoms with Gasteiger partial charge in [-0.05, 0) is 252 Å². The number of aromatic nitrogens is 4. The van der Waals surface area contributed by atoms with E-state index in [4.69, 9.17) is 4.74 Å². The molecule has 0 bridgehead atoms. The minimum Gasteiger partial charge on any atom is -0.373 e. The standard InChI is InChI=1S/C14H28N2O.C14H22N2.C13H20N2.2C12H18N2/c1-11(2)15-7-5-14(6-8-15)16-9-12(3)17-13(4)10-16;1-12(2)16-10-6-4-8-14(16)11-13-7-3-5-9-15-13;1-11(2)15-9-6-12(7-10-15)13-5-3-4-8-14-13;1-10(2)14-8-5-12(9-14)11-3-6-13-7-4-11;1-10(2)14-9-3-4-12(14)11-5-7-13-8-6-11/h11-14H,5-10H2,1-4H3;3,5,7,9,12,14H,4,6,8,10-11H2,1-2H3;3-5,8,11-12H,6-7,9-10H2,1-2H3;3-4,6-7,10,12H,5,8-9H2,1-2H3;5-8,10,12H,3-4,9H2,1-2H3. The second-order valence-electron chi connectivity index (χ2n) is 24.4. The molecule has 6 aliphatic heterocycles. The zero-order chi connectivity index (χ0) is 54.4. The van der Waals surface area contributed by atoms with Gasteiger partial charge in [-0.25, -0.2) is 0 Å². The Morgan fingerprint density at radius 1 is 0.461 bits per heavy atom. The summed E-state index contributed by atoms with van der Waals surface area (Å²) < 4.78 is 5.81. The van der Waals surface area contributed by atoms with Crippen molar-refractivity contribution in [1.82, 2.24) is 49.3 Å². The molecule has 6 saturated heterocycles. The minimum absolute atomic E-state index is 0.405. The summed E-state index contributed by atoms with van der Waals surface area (Å²) in [6.45, 7) is 39.4. The van der Waals surface area contributed by atoms with E-state index in [1.165, 1.54) is 139 Å². The predicted octanol–water partition coefficient (Wildman–Crippen LogP) is 12.4. The molecule has 6 aliphatic rings. The van der Waals surface area contributed by atoms with Crippen LogP contribution < -0.4 is 0 Å². The average Bonchev–Trinajstić information content (AvgIpc) is 4.15. The molecule has 0 spiro atoms. The molecule has 0 saturated carbocycles. The van der Waals surface area contributed by atoms with Gasteiger partial charge in [0.05, 0.1) is 12.2 Å². The third-order valence-electron chi connectivity index (χ3n) is 17.2. The van der Waals surface area contributed by atoms with Gasteiger partial charge in [0, 0.05) is 129 Å². The van der Waals surface area contributed by atoms with Crippen LogP contribution >= 0.6 is 0 Å². The number of ether oxygens (including phenoxy) is 1. The fourth-order valence-corrected chi connectivity index (χ4v) is 12.8. The molecule has 0 N–H and O–H groups in total. The lowest BCUT2D eigenvalue weighted by atomic mass is 9.92. The highest BCUT2D eigenvalue weighted by atomic mass is 16.5. The number of rotatable bonds is 11. The molecular weight excluding hydrogens is 937 g/mol. The lowest BCUT2D eigenvalue weighted by Gasteiger charge is -2.44. The Morgan fingerprint density at radius 3 is 1.51 bits per heavy atom. The van der Waals surface area contributed by atoms with Crippen LogP contribution in [0.5, 0.6) is 0 Å². The van der Waals surface area contributed by atoms with Crippen LogP contribution in [0.4, 0.5) is 0 Å². The highest BCUT2D eigenvalue weighted by molar-refractivity contribution is 5.18. The highest BCUT2D eigenvalue weighted by Gasteiger charge is 2.32. The van der Waals surface area contributed by atoms with Gasteiger partial charge < -0.3 is 19.4 Å². The summed E-state index contributed by atoms with van der Waals surface area (Å²) in [5.41, 5.74) is 5.38. The molecule has 422 valence electrons. The van der Waals surface area contributed by atoms with Gasteiger partial charge in [0.25, 0.3) is 0 Å². The molecule has 6 fully saturated rings. The van der Waals surface area contributed by atoms with Crippen molar-refractivity contribution in [2.24, 2.45) is 0 Å². The van der Waals surface area contributed by atoms with Crippen molar-refractivity contribution >= 4 is 0 Å². The second kappa shape index (κ2) is 32.4. The van der Waals surface area contributed by atoms with Crippen molar-refractivity contribution < 1.29 is 4.74 Å². The molecule has 10 rings (SSSR count). The van der Waals surface area contributed by atoms with Gasteiger partial charge in [-0.15, -0.1) is 0 Å². The molecule has 5 atom stereocenters. The Labute approximate surface area is 464 Å². The number of pyridine rings is 4. The van der Waals surface area contributed by atoms with Crippen LogP contribution in [0, 0.1) is 0 Å². The SMILES string of the molecule is CC(C)N1CCC(c2ccccn2)CC1.CC(C)N1CCC(c2ccncc2)C1.CC(C)N1CCCC1c1ccncc1.CC(C)N1CCCCC1Cc1ccccn1.CC1CN(C2CCN(C(C)C)CC2)CC(C)O1. The van der Waals surface area contributed by atoms with E-state index in [1.54, 1.807) is 0 Å². The third kappa shape index (κ3) is 19.9. The molecule has 11 heteroatoms. The van der Waals surface area contributed by atoms with Gasteiger partial charge in [-0.1, -0.05) is 18.6 Å². The summed E-state index contributed by atoms with van der Waals surface area (Å²) in [6.07, 6.45) is 26.5. The predicted molar refractivity (Wildman–Crippen MR) is 318 cm³/mol. The summed E-state index contributed by atoms with van der Waals surface area (Å²) in [5, 5.41) is 0. The normalized spacial score (nSPS) is 24.9. The van der Waals surface area contributed by atoms with Crippen LogP contribution in [-0.2, 0) is 11.2 Å². The number of hydrogen-bond donors (Lipinski definition) is 0. The second-order valence-corrected chi connectivity index (χ2v) is 24.4. The molecule has 5 unspecified atom stereocenters. The maximum absolute atomic E-state index is 5.81. The topological polar surface area (TPSA) is 80.2 Å². The van der Waals surface area contributed by atoms with Crippen molar-refractivity contribution in [2.45, 2.75) is 226 Å². The summed E-state index contributed by atoms with van der Waals surface area (Å²) in [6, 6.07) is 26.6. The van der Waals surface area contributed by atoms with E-state index in [1.807, 2.05) is 49.3 Å². The molecule has 11 nitrogen and oxygen atoms in total. The van der Waals surface area contributed by atoms with E-state index in [-0.39, 0.29) is 0 Å². The maximum Gasteiger partial charge on any atom is 0.0678 e. The van der Waals surface area contributed by atoms with Crippen LogP contribution in [-0.4, -0.2) is 169 Å². The Bertz CT molecular complexity index is 2090. The van der Waals surface area contributed by atoms with Gasteiger partial charge in [0.1, 0.15) is 0 Å². The van der Waals surface area contributed by atoms with Gasteiger partial charge >= 0.3 is 0 Å². The Morgan fingerprint density at radius 2 is 0.987 bits per heavy atom. The highest BCUT2D eigenvalue weighted by Crippen LogP contribution is 2.33. The van der Waals surface area contributed by atoms with Gasteiger partial charge in [0.2, 0.25) is 0 Å². The zero-order valence-electron chi connectivity index (χ0n) is 49.9. The van der Waals surface area contributed by atoms with Gasteiger partial charge in [-0.2, -0.15) is 0 Å². The monoisotopic (exact) mass is 1040 g/mol. The van der Waals surface area contributed by atoms with Crippen LogP contribution in [0.2, 0.25) is 0 Å². The fraction of sp³-hybridized carbons (Fsp3) is 0.692. The smallest absolute Gasteiger partial charge is 0.0678 e.